The van der Waals surface area contributed by atoms with E-state index in [1.807, 2.05) is 6.08 Å². The van der Waals surface area contributed by atoms with Gasteiger partial charge in [-0.15, -0.1) is 6.58 Å². The van der Waals surface area contributed by atoms with E-state index < -0.39 is 16.6 Å². The van der Waals surface area contributed by atoms with Crippen molar-refractivity contribution in [1.82, 2.24) is 0 Å². The van der Waals surface area contributed by atoms with E-state index in [-0.39, 0.29) is 28.7 Å². The second kappa shape index (κ2) is 8.63. The molecular weight excluding hydrogens is 332 g/mol. The predicted molar refractivity (Wildman–Crippen MR) is 111 cm³/mol. The molecule has 0 aliphatic heterocycles. The summed E-state index contributed by atoms with van der Waals surface area (Å²) in [6.07, 6.45) is 2.54. The van der Waals surface area contributed by atoms with E-state index in [9.17, 15) is 5.11 Å². The first-order chi connectivity index (χ1) is 10.6. The van der Waals surface area contributed by atoms with Crippen LogP contribution in [0, 0.1) is 5.92 Å². The molecule has 0 aromatic heterocycles. The van der Waals surface area contributed by atoms with E-state index in [1.54, 1.807) is 0 Å². The van der Waals surface area contributed by atoms with Crippen LogP contribution < -0.4 is 0 Å². The molecule has 0 aromatic carbocycles. The van der Waals surface area contributed by atoms with Gasteiger partial charge in [0, 0.05) is 19.1 Å². The van der Waals surface area contributed by atoms with E-state index in [4.69, 9.17) is 8.85 Å². The van der Waals surface area contributed by atoms with Crippen LogP contribution >= 0.6 is 0 Å². The molecule has 0 amide bonds. The first-order valence-electron chi connectivity index (χ1n) is 9.14. The van der Waals surface area contributed by atoms with Crippen LogP contribution in [0.3, 0.4) is 0 Å². The summed E-state index contributed by atoms with van der Waals surface area (Å²) < 4.78 is 13.0. The molecule has 3 nitrogen and oxygen atoms in total. The Kier molecular flexibility index (Phi) is 8.65. The highest BCUT2D eigenvalue weighted by atomic mass is 28.4. The van der Waals surface area contributed by atoms with Crippen molar-refractivity contribution in [2.75, 3.05) is 13.2 Å². The number of aliphatic hydroxyl groups is 1. The molecule has 0 aliphatic rings. The molecule has 0 saturated carbocycles. The number of aliphatic hydroxyl groups excluding tert-OH is 1. The van der Waals surface area contributed by atoms with Gasteiger partial charge in [0.05, 0.1) is 6.10 Å². The average molecular weight is 375 g/mol. The Labute approximate surface area is 153 Å². The molecule has 0 radical (unpaired) electrons. The summed E-state index contributed by atoms with van der Waals surface area (Å²) in [4.78, 5) is 0. The summed E-state index contributed by atoms with van der Waals surface area (Å²) in [5.74, 6) is 0.111. The van der Waals surface area contributed by atoms with E-state index >= 15 is 0 Å². The lowest BCUT2D eigenvalue weighted by molar-refractivity contribution is 0.0790. The molecule has 0 spiro atoms. The molecule has 0 rings (SSSR count). The van der Waals surface area contributed by atoms with Gasteiger partial charge in [0.15, 0.2) is 16.6 Å². The minimum atomic E-state index is -1.90. The third-order valence-electron chi connectivity index (χ3n) is 5.89. The van der Waals surface area contributed by atoms with Gasteiger partial charge >= 0.3 is 0 Å². The van der Waals surface area contributed by atoms with Gasteiger partial charge in [0.2, 0.25) is 0 Å². The molecular formula is C19H42O3Si2. The Balaban J connectivity index is 5.16. The van der Waals surface area contributed by atoms with E-state index in [0.717, 1.165) is 0 Å². The van der Waals surface area contributed by atoms with Crippen molar-refractivity contribution in [1.29, 1.82) is 0 Å². The maximum absolute atomic E-state index is 9.51. The van der Waals surface area contributed by atoms with Gasteiger partial charge in [0.1, 0.15) is 0 Å². The standard InChI is InChI=1S/C19H42O3Si2/c1-12-16(15-21-23(8,9)18(2,3)4)17(13-14-20)22-24(10,11)19(5,6)7/h12,16-17,20H,1,13-15H2,2-11H3/t16-,17+/m1/s1. The lowest BCUT2D eigenvalue weighted by Gasteiger charge is -2.42. The molecule has 0 bridgehead atoms. The first-order valence-corrected chi connectivity index (χ1v) is 15.0. The number of hydrogen-bond acceptors (Lipinski definition) is 3. The third kappa shape index (κ3) is 6.75. The topological polar surface area (TPSA) is 38.7 Å². The number of hydrogen-bond donors (Lipinski definition) is 1. The minimum absolute atomic E-state index is 0.0295. The van der Waals surface area contributed by atoms with Crippen LogP contribution in [0.25, 0.3) is 0 Å². The van der Waals surface area contributed by atoms with Crippen molar-refractivity contribution < 1.29 is 14.0 Å². The summed E-state index contributed by atoms with van der Waals surface area (Å²) in [6, 6.07) is 0. The molecule has 0 saturated heterocycles. The molecule has 0 aromatic rings. The monoisotopic (exact) mass is 374 g/mol. The maximum Gasteiger partial charge on any atom is 0.192 e. The summed E-state index contributed by atoms with van der Waals surface area (Å²) in [5.41, 5.74) is 0. The summed E-state index contributed by atoms with van der Waals surface area (Å²) in [5, 5.41) is 9.84. The first kappa shape index (κ1) is 24.1. The smallest absolute Gasteiger partial charge is 0.192 e. The minimum Gasteiger partial charge on any atom is -0.416 e. The summed E-state index contributed by atoms with van der Waals surface area (Å²) in [6.45, 7) is 27.3. The van der Waals surface area contributed by atoms with Crippen LogP contribution in [0.5, 0.6) is 0 Å². The van der Waals surface area contributed by atoms with Crippen LogP contribution in [-0.2, 0) is 8.85 Å². The molecule has 0 unspecified atom stereocenters. The highest BCUT2D eigenvalue weighted by Crippen LogP contribution is 2.40. The summed E-state index contributed by atoms with van der Waals surface area (Å²) >= 11 is 0. The molecule has 0 heterocycles. The van der Waals surface area contributed by atoms with Crippen LogP contribution in [0.2, 0.25) is 36.3 Å². The van der Waals surface area contributed by atoms with Crippen molar-refractivity contribution in [2.45, 2.75) is 90.3 Å². The predicted octanol–water partition coefficient (Wildman–Crippen LogP) is 5.58. The van der Waals surface area contributed by atoms with E-state index in [2.05, 4.69) is 74.3 Å². The largest absolute Gasteiger partial charge is 0.416 e. The van der Waals surface area contributed by atoms with Gasteiger partial charge in [-0.2, -0.15) is 0 Å². The van der Waals surface area contributed by atoms with Gasteiger partial charge in [-0.1, -0.05) is 47.6 Å². The molecule has 0 aliphatic carbocycles. The summed E-state index contributed by atoms with van der Waals surface area (Å²) in [7, 11) is -3.70. The second-order valence-electron chi connectivity index (χ2n) is 9.90. The molecule has 5 heteroatoms. The van der Waals surface area contributed by atoms with Gasteiger partial charge in [-0.05, 0) is 42.7 Å². The lowest BCUT2D eigenvalue weighted by Crippen LogP contribution is -2.48. The van der Waals surface area contributed by atoms with Crippen LogP contribution in [0.15, 0.2) is 12.7 Å². The van der Waals surface area contributed by atoms with Crippen LogP contribution in [-0.4, -0.2) is 41.1 Å². The van der Waals surface area contributed by atoms with Crippen molar-refractivity contribution in [3.8, 4) is 0 Å². The fourth-order valence-corrected chi connectivity index (χ4v) is 4.34. The quantitative estimate of drug-likeness (QED) is 0.423. The Bertz CT molecular complexity index is 392. The van der Waals surface area contributed by atoms with E-state index in [1.165, 1.54) is 0 Å². The zero-order valence-electron chi connectivity index (χ0n) is 17.8. The Hall–Kier alpha value is 0.0538. The fourth-order valence-electron chi connectivity index (χ4n) is 1.89. The molecule has 2 atom stereocenters. The van der Waals surface area contributed by atoms with Crippen molar-refractivity contribution in [3.05, 3.63) is 12.7 Å². The SMILES string of the molecule is C=C[C@H](CO[Si](C)(C)C(C)(C)C)[C@H](CCO)O[Si](C)(C)C(C)(C)C. The fraction of sp³-hybridized carbons (Fsp3) is 0.895. The van der Waals surface area contributed by atoms with Gasteiger partial charge in [0.25, 0.3) is 0 Å². The van der Waals surface area contributed by atoms with Crippen LogP contribution in [0.4, 0.5) is 0 Å². The van der Waals surface area contributed by atoms with Gasteiger partial charge < -0.3 is 14.0 Å². The number of rotatable bonds is 9. The second-order valence-corrected chi connectivity index (χ2v) is 19.5. The van der Waals surface area contributed by atoms with Crippen molar-refractivity contribution in [2.24, 2.45) is 5.92 Å². The molecule has 144 valence electrons. The third-order valence-corrected chi connectivity index (χ3v) is 14.9. The Morgan fingerprint density at radius 1 is 0.958 bits per heavy atom. The molecule has 24 heavy (non-hydrogen) atoms. The van der Waals surface area contributed by atoms with Crippen molar-refractivity contribution in [3.63, 3.8) is 0 Å². The molecule has 1 N–H and O–H groups in total. The Morgan fingerprint density at radius 2 is 1.42 bits per heavy atom. The Morgan fingerprint density at radius 3 is 1.75 bits per heavy atom. The average Bonchev–Trinajstić information content (AvgIpc) is 2.36. The zero-order chi connectivity index (χ0) is 19.4. The lowest BCUT2D eigenvalue weighted by atomic mass is 10.0. The normalized spacial score (nSPS) is 16.8. The van der Waals surface area contributed by atoms with Gasteiger partial charge in [-0.25, -0.2) is 0 Å². The van der Waals surface area contributed by atoms with Gasteiger partial charge in [-0.3, -0.25) is 0 Å². The van der Waals surface area contributed by atoms with E-state index in [0.29, 0.717) is 13.0 Å². The van der Waals surface area contributed by atoms with Crippen LogP contribution in [0.1, 0.15) is 48.0 Å². The molecule has 0 fully saturated rings. The highest BCUT2D eigenvalue weighted by Gasteiger charge is 2.41. The maximum atomic E-state index is 9.51. The van der Waals surface area contributed by atoms with Crippen molar-refractivity contribution >= 4 is 16.6 Å². The highest BCUT2D eigenvalue weighted by molar-refractivity contribution is 6.74. The zero-order valence-corrected chi connectivity index (χ0v) is 19.8.